The zero-order valence-corrected chi connectivity index (χ0v) is 12.5. The number of rotatable bonds is 5. The summed E-state index contributed by atoms with van der Waals surface area (Å²) in [5.74, 6) is -2.40. The summed E-state index contributed by atoms with van der Waals surface area (Å²) in [6.07, 6.45) is 0. The Balaban J connectivity index is 3.15. The summed E-state index contributed by atoms with van der Waals surface area (Å²) in [5.41, 5.74) is -1.96. The van der Waals surface area contributed by atoms with E-state index in [1.54, 1.807) is 0 Å². The van der Waals surface area contributed by atoms with Crippen LogP contribution in [0.1, 0.15) is 6.92 Å². The Morgan fingerprint density at radius 2 is 2.09 bits per heavy atom. The highest BCUT2D eigenvalue weighted by Gasteiger charge is 2.27. The van der Waals surface area contributed by atoms with E-state index in [0.717, 1.165) is 6.07 Å². The van der Waals surface area contributed by atoms with Crippen LogP contribution in [0.3, 0.4) is 0 Å². The zero-order chi connectivity index (χ0) is 16.9. The van der Waals surface area contributed by atoms with Gasteiger partial charge in [-0.2, -0.15) is 0 Å². The molecule has 1 aromatic carbocycles. The van der Waals surface area contributed by atoms with Crippen LogP contribution in [0.4, 0.5) is 11.4 Å². The van der Waals surface area contributed by atoms with Crippen molar-refractivity contribution in [2.75, 3.05) is 11.9 Å². The van der Waals surface area contributed by atoms with Crippen LogP contribution in [0.25, 0.3) is 0 Å². The molecular formula is C11H9Cl2N3O6. The van der Waals surface area contributed by atoms with Gasteiger partial charge in [0.1, 0.15) is 10.7 Å². The number of hydrogen-bond donors (Lipinski definition) is 2. The van der Waals surface area contributed by atoms with Crippen molar-refractivity contribution in [2.24, 2.45) is 5.16 Å². The number of hydrogen-bond acceptors (Lipinski definition) is 7. The second-order valence-corrected chi connectivity index (χ2v) is 4.42. The second kappa shape index (κ2) is 7.57. The highest BCUT2D eigenvalue weighted by Crippen LogP contribution is 2.37. The van der Waals surface area contributed by atoms with Crippen molar-refractivity contribution in [1.29, 1.82) is 0 Å². The molecule has 9 nitrogen and oxygen atoms in total. The monoisotopic (exact) mass is 349 g/mol. The number of nitrogens with one attached hydrogen (secondary N) is 1. The number of benzene rings is 1. The van der Waals surface area contributed by atoms with Gasteiger partial charge in [0.25, 0.3) is 11.6 Å². The maximum atomic E-state index is 11.8. The van der Waals surface area contributed by atoms with Gasteiger partial charge in [-0.05, 0) is 19.1 Å². The molecule has 0 aliphatic carbocycles. The van der Waals surface area contributed by atoms with Gasteiger partial charge in [0, 0.05) is 0 Å². The van der Waals surface area contributed by atoms with E-state index in [9.17, 15) is 19.7 Å². The minimum Gasteiger partial charge on any atom is -0.461 e. The average molecular weight is 350 g/mol. The number of ether oxygens (including phenoxy) is 1. The Hall–Kier alpha value is -2.39. The molecule has 1 aromatic rings. The first-order valence-electron chi connectivity index (χ1n) is 5.66. The van der Waals surface area contributed by atoms with Crippen molar-refractivity contribution < 1.29 is 24.5 Å². The quantitative estimate of drug-likeness (QED) is 0.209. The van der Waals surface area contributed by atoms with Crippen molar-refractivity contribution in [1.82, 2.24) is 0 Å². The average Bonchev–Trinajstić information content (AvgIpc) is 2.43. The lowest BCUT2D eigenvalue weighted by molar-refractivity contribution is -0.383. The molecule has 0 aliphatic rings. The van der Waals surface area contributed by atoms with Crippen molar-refractivity contribution in [2.45, 2.75) is 6.92 Å². The highest BCUT2D eigenvalue weighted by molar-refractivity contribution is 6.66. The number of anilines is 1. The Morgan fingerprint density at radius 1 is 1.45 bits per heavy atom. The minimum absolute atomic E-state index is 0.0575. The van der Waals surface area contributed by atoms with Crippen LogP contribution in [0.2, 0.25) is 10.0 Å². The summed E-state index contributed by atoms with van der Waals surface area (Å²) in [5, 5.41) is 23.8. The number of nitrogens with zero attached hydrogens (tertiary/aromatic N) is 2. The van der Waals surface area contributed by atoms with Crippen molar-refractivity contribution in [3.8, 4) is 0 Å². The normalized spacial score (nSPS) is 11.0. The van der Waals surface area contributed by atoms with Gasteiger partial charge in [-0.3, -0.25) is 14.9 Å². The number of nitro groups is 1. The molecule has 0 saturated heterocycles. The summed E-state index contributed by atoms with van der Waals surface area (Å²) in [7, 11) is 0. The van der Waals surface area contributed by atoms with E-state index in [-0.39, 0.29) is 22.3 Å². The van der Waals surface area contributed by atoms with E-state index in [2.05, 4.69) is 9.89 Å². The lowest BCUT2D eigenvalue weighted by atomic mass is 10.2. The number of carbonyl (C=O) groups excluding carboxylic acids is 2. The molecule has 0 fully saturated rings. The molecule has 0 unspecified atom stereocenters. The predicted molar refractivity (Wildman–Crippen MR) is 77.6 cm³/mol. The molecule has 0 saturated carbocycles. The fraction of sp³-hybridized carbons (Fsp3) is 0.182. The summed E-state index contributed by atoms with van der Waals surface area (Å²) in [4.78, 5) is 33.4. The minimum atomic E-state index is -1.21. The van der Waals surface area contributed by atoms with E-state index in [1.807, 2.05) is 5.32 Å². The summed E-state index contributed by atoms with van der Waals surface area (Å²) >= 11 is 11.4. The molecule has 22 heavy (non-hydrogen) atoms. The second-order valence-electron chi connectivity index (χ2n) is 3.64. The van der Waals surface area contributed by atoms with Crippen LogP contribution in [0.15, 0.2) is 17.3 Å². The number of nitro benzene ring substituents is 1. The topological polar surface area (TPSA) is 131 Å². The fourth-order valence-electron chi connectivity index (χ4n) is 1.38. The molecule has 0 aliphatic heterocycles. The number of esters is 1. The van der Waals surface area contributed by atoms with Crippen LogP contribution in [-0.2, 0) is 14.3 Å². The van der Waals surface area contributed by atoms with Gasteiger partial charge in [0.2, 0.25) is 0 Å². The maximum Gasteiger partial charge on any atom is 0.366 e. The van der Waals surface area contributed by atoms with Crippen LogP contribution < -0.4 is 5.32 Å². The van der Waals surface area contributed by atoms with Gasteiger partial charge in [0.15, 0.2) is 0 Å². The number of oxime groups is 1. The van der Waals surface area contributed by atoms with E-state index in [1.165, 1.54) is 13.0 Å². The first-order valence-corrected chi connectivity index (χ1v) is 6.42. The van der Waals surface area contributed by atoms with Gasteiger partial charge >= 0.3 is 11.7 Å². The highest BCUT2D eigenvalue weighted by atomic mass is 35.5. The Morgan fingerprint density at radius 3 is 2.59 bits per heavy atom. The van der Waals surface area contributed by atoms with Gasteiger partial charge in [0.05, 0.1) is 16.6 Å². The third-order valence-corrected chi connectivity index (χ3v) is 3.08. The van der Waals surface area contributed by atoms with E-state index in [0.29, 0.717) is 0 Å². The van der Waals surface area contributed by atoms with Crippen molar-refractivity contribution in [3.63, 3.8) is 0 Å². The van der Waals surface area contributed by atoms with Crippen LogP contribution in [0.5, 0.6) is 0 Å². The molecule has 118 valence electrons. The van der Waals surface area contributed by atoms with Gasteiger partial charge in [-0.25, -0.2) is 4.79 Å². The zero-order valence-electron chi connectivity index (χ0n) is 11.0. The SMILES string of the molecule is CCOC(=O)C(=NO)C(=O)Nc1ccc(Cl)c(Cl)c1[N+](=O)[O-]. The lowest BCUT2D eigenvalue weighted by Crippen LogP contribution is -2.31. The van der Waals surface area contributed by atoms with E-state index < -0.39 is 28.2 Å². The smallest absolute Gasteiger partial charge is 0.366 e. The molecule has 0 heterocycles. The summed E-state index contributed by atoms with van der Waals surface area (Å²) in [6.45, 7) is 1.42. The molecule has 1 rings (SSSR count). The first-order chi connectivity index (χ1) is 10.3. The molecule has 0 aromatic heterocycles. The van der Waals surface area contributed by atoms with Crippen molar-refractivity contribution >= 4 is 52.2 Å². The third kappa shape index (κ3) is 3.83. The van der Waals surface area contributed by atoms with Gasteiger partial charge in [-0.15, -0.1) is 0 Å². The lowest BCUT2D eigenvalue weighted by Gasteiger charge is -2.08. The fourth-order valence-corrected chi connectivity index (χ4v) is 1.77. The van der Waals surface area contributed by atoms with Crippen LogP contribution >= 0.6 is 23.2 Å². The Kier molecular flexibility index (Phi) is 6.08. The number of carbonyl (C=O) groups is 2. The molecule has 11 heteroatoms. The maximum absolute atomic E-state index is 11.8. The Labute approximate surface area is 133 Å². The third-order valence-electron chi connectivity index (χ3n) is 2.28. The first kappa shape index (κ1) is 17.7. The summed E-state index contributed by atoms with van der Waals surface area (Å²) < 4.78 is 4.50. The molecular weight excluding hydrogens is 341 g/mol. The molecule has 0 radical (unpaired) electrons. The molecule has 1 amide bonds. The largest absolute Gasteiger partial charge is 0.461 e. The van der Waals surface area contributed by atoms with E-state index in [4.69, 9.17) is 28.4 Å². The van der Waals surface area contributed by atoms with Gasteiger partial charge in [-0.1, -0.05) is 28.4 Å². The molecule has 2 N–H and O–H groups in total. The predicted octanol–water partition coefficient (Wildman–Crippen LogP) is 2.23. The molecule has 0 bridgehead atoms. The van der Waals surface area contributed by atoms with Crippen molar-refractivity contribution in [3.05, 3.63) is 32.3 Å². The van der Waals surface area contributed by atoms with Crippen LogP contribution in [0, 0.1) is 10.1 Å². The Bertz CT molecular complexity index is 661. The summed E-state index contributed by atoms with van der Waals surface area (Å²) in [6, 6.07) is 2.33. The van der Waals surface area contributed by atoms with E-state index >= 15 is 0 Å². The van der Waals surface area contributed by atoms with Gasteiger partial charge < -0.3 is 15.3 Å². The number of amides is 1. The standard InChI is InChI=1S/C11H9Cl2N3O6/c1-2-22-11(18)8(15-19)10(17)14-6-4-3-5(12)7(13)9(6)16(20)21/h3-4,19H,2H2,1H3,(H,14,17). The number of halogens is 2. The molecule has 0 spiro atoms. The van der Waals surface area contributed by atoms with Crippen LogP contribution in [-0.4, -0.2) is 34.3 Å². The molecule has 0 atom stereocenters.